The second-order valence-electron chi connectivity index (χ2n) is 3.85. The minimum atomic E-state index is -4.54. The average Bonchev–Trinajstić information content (AvgIpc) is 2.40. The van der Waals surface area contributed by atoms with Crippen LogP contribution >= 0.6 is 11.6 Å². The van der Waals surface area contributed by atoms with Crippen LogP contribution < -0.4 is 5.32 Å². The molecule has 0 spiro atoms. The van der Waals surface area contributed by atoms with Crippen LogP contribution in [0, 0.1) is 11.3 Å². The molecule has 1 N–H and O–H groups in total. The van der Waals surface area contributed by atoms with E-state index in [1.165, 1.54) is 30.5 Å². The second-order valence-corrected chi connectivity index (χ2v) is 4.29. The Bertz CT molecular complexity index is 677. The van der Waals surface area contributed by atoms with Crippen molar-refractivity contribution in [1.82, 2.24) is 4.98 Å². The number of nitriles is 1. The molecule has 102 valence electrons. The molecular weight excluding hydrogens is 291 g/mol. The molecule has 0 saturated carbocycles. The molecule has 0 unspecified atom stereocenters. The first-order valence-corrected chi connectivity index (χ1v) is 5.78. The molecule has 0 aliphatic carbocycles. The molecule has 3 nitrogen and oxygen atoms in total. The summed E-state index contributed by atoms with van der Waals surface area (Å²) in [7, 11) is 0. The highest BCUT2D eigenvalue weighted by Crippen LogP contribution is 2.37. The third kappa shape index (κ3) is 3.19. The SMILES string of the molecule is N#Cc1ccnc(Nc2ccc(Cl)cc2C(F)(F)F)c1. The van der Waals surface area contributed by atoms with Crippen molar-refractivity contribution >= 4 is 23.1 Å². The fourth-order valence-corrected chi connectivity index (χ4v) is 1.74. The van der Waals surface area contributed by atoms with Crippen LogP contribution in [0.25, 0.3) is 0 Å². The molecule has 0 fully saturated rings. The molecule has 2 aromatic rings. The Hall–Kier alpha value is -2.26. The molecule has 0 amide bonds. The van der Waals surface area contributed by atoms with Gasteiger partial charge in [-0.15, -0.1) is 0 Å². The molecule has 0 aliphatic heterocycles. The molecule has 0 saturated heterocycles. The van der Waals surface area contributed by atoms with E-state index < -0.39 is 11.7 Å². The molecule has 1 aromatic carbocycles. The fourth-order valence-electron chi connectivity index (χ4n) is 1.57. The number of nitrogens with one attached hydrogen (secondary N) is 1. The van der Waals surface area contributed by atoms with Crippen molar-refractivity contribution in [2.75, 3.05) is 5.32 Å². The number of hydrogen-bond acceptors (Lipinski definition) is 3. The van der Waals surface area contributed by atoms with Gasteiger partial charge in [-0.2, -0.15) is 18.4 Å². The predicted octanol–water partition coefficient (Wildman–Crippen LogP) is 4.37. The standard InChI is InChI=1S/C13H7ClF3N3/c14-9-1-2-11(10(6-9)13(15,16)17)20-12-5-8(7-18)3-4-19-12/h1-6H,(H,19,20). The van der Waals surface area contributed by atoms with Crippen molar-refractivity contribution in [2.24, 2.45) is 0 Å². The van der Waals surface area contributed by atoms with Crippen molar-refractivity contribution in [2.45, 2.75) is 6.18 Å². The van der Waals surface area contributed by atoms with Crippen molar-refractivity contribution < 1.29 is 13.2 Å². The van der Waals surface area contributed by atoms with E-state index in [0.717, 1.165) is 6.07 Å². The van der Waals surface area contributed by atoms with Gasteiger partial charge in [-0.05, 0) is 30.3 Å². The zero-order valence-corrected chi connectivity index (χ0v) is 10.6. The molecule has 0 radical (unpaired) electrons. The summed E-state index contributed by atoms with van der Waals surface area (Å²) in [4.78, 5) is 3.87. The summed E-state index contributed by atoms with van der Waals surface area (Å²) in [6.07, 6.45) is -3.20. The maximum absolute atomic E-state index is 12.9. The number of hydrogen-bond donors (Lipinski definition) is 1. The lowest BCUT2D eigenvalue weighted by Crippen LogP contribution is -2.09. The first-order chi connectivity index (χ1) is 9.40. The van der Waals surface area contributed by atoms with Crippen LogP contribution in [0.2, 0.25) is 5.02 Å². The third-order valence-corrected chi connectivity index (χ3v) is 2.67. The molecule has 1 aromatic heterocycles. The smallest absolute Gasteiger partial charge is 0.340 e. The van der Waals surface area contributed by atoms with Gasteiger partial charge in [0.05, 0.1) is 22.9 Å². The van der Waals surface area contributed by atoms with Crippen molar-refractivity contribution in [3.63, 3.8) is 0 Å². The van der Waals surface area contributed by atoms with Crippen LogP contribution in [0.15, 0.2) is 36.5 Å². The van der Waals surface area contributed by atoms with E-state index in [2.05, 4.69) is 10.3 Å². The number of pyridine rings is 1. The summed E-state index contributed by atoms with van der Waals surface area (Å²) in [5, 5.41) is 11.3. The van der Waals surface area contributed by atoms with E-state index in [9.17, 15) is 13.2 Å². The molecule has 0 aliphatic rings. The average molecular weight is 298 g/mol. The third-order valence-electron chi connectivity index (χ3n) is 2.44. The molecule has 0 bridgehead atoms. The molecular formula is C13H7ClF3N3. The molecule has 20 heavy (non-hydrogen) atoms. The zero-order chi connectivity index (χ0) is 14.8. The maximum atomic E-state index is 12.9. The van der Waals surface area contributed by atoms with E-state index in [4.69, 9.17) is 16.9 Å². The zero-order valence-electron chi connectivity index (χ0n) is 9.87. The quantitative estimate of drug-likeness (QED) is 0.895. The van der Waals surface area contributed by atoms with Crippen LogP contribution in [0.1, 0.15) is 11.1 Å². The van der Waals surface area contributed by atoms with Crippen LogP contribution in [-0.2, 0) is 6.18 Å². The minimum absolute atomic E-state index is 0.0124. The number of halogens is 4. The number of aromatic nitrogens is 1. The Morgan fingerprint density at radius 2 is 1.95 bits per heavy atom. The predicted molar refractivity (Wildman–Crippen MR) is 68.7 cm³/mol. The van der Waals surface area contributed by atoms with Gasteiger partial charge in [-0.1, -0.05) is 11.6 Å². The molecule has 1 heterocycles. The Morgan fingerprint density at radius 1 is 1.20 bits per heavy atom. The Morgan fingerprint density at radius 3 is 2.60 bits per heavy atom. The van der Waals surface area contributed by atoms with Gasteiger partial charge in [0.15, 0.2) is 0 Å². The fraction of sp³-hybridized carbons (Fsp3) is 0.0769. The van der Waals surface area contributed by atoms with Crippen LogP contribution in [0.5, 0.6) is 0 Å². The largest absolute Gasteiger partial charge is 0.418 e. The normalized spacial score (nSPS) is 10.9. The Balaban J connectivity index is 2.41. The van der Waals surface area contributed by atoms with Crippen molar-refractivity contribution in [3.8, 4) is 6.07 Å². The van der Waals surface area contributed by atoms with Gasteiger partial charge in [0.25, 0.3) is 0 Å². The summed E-state index contributed by atoms with van der Waals surface area (Å²) >= 11 is 5.59. The van der Waals surface area contributed by atoms with E-state index >= 15 is 0 Å². The van der Waals surface area contributed by atoms with Crippen LogP contribution in [0.3, 0.4) is 0 Å². The lowest BCUT2D eigenvalue weighted by molar-refractivity contribution is -0.136. The number of anilines is 2. The number of nitrogens with zero attached hydrogens (tertiary/aromatic N) is 2. The van der Waals surface area contributed by atoms with Gasteiger partial charge in [-0.3, -0.25) is 0 Å². The van der Waals surface area contributed by atoms with Gasteiger partial charge in [0.2, 0.25) is 0 Å². The van der Waals surface area contributed by atoms with E-state index in [1.54, 1.807) is 0 Å². The van der Waals surface area contributed by atoms with Crippen LogP contribution in [0.4, 0.5) is 24.7 Å². The van der Waals surface area contributed by atoms with Gasteiger partial charge < -0.3 is 5.32 Å². The van der Waals surface area contributed by atoms with Crippen molar-refractivity contribution in [3.05, 3.63) is 52.7 Å². The monoisotopic (exact) mass is 297 g/mol. The van der Waals surface area contributed by atoms with Crippen LogP contribution in [-0.4, -0.2) is 4.98 Å². The summed E-state index contributed by atoms with van der Waals surface area (Å²) in [5.41, 5.74) is -0.774. The molecule has 2 rings (SSSR count). The van der Waals surface area contributed by atoms with Crippen molar-refractivity contribution in [1.29, 1.82) is 5.26 Å². The number of benzene rings is 1. The van der Waals surface area contributed by atoms with Gasteiger partial charge in [0.1, 0.15) is 5.82 Å². The highest BCUT2D eigenvalue weighted by atomic mass is 35.5. The summed E-state index contributed by atoms with van der Waals surface area (Å²) in [6, 6.07) is 8.08. The van der Waals surface area contributed by atoms with Gasteiger partial charge >= 0.3 is 6.18 Å². The van der Waals surface area contributed by atoms with E-state index in [0.29, 0.717) is 5.56 Å². The molecule has 0 atom stereocenters. The highest BCUT2D eigenvalue weighted by Gasteiger charge is 2.33. The Kier molecular flexibility index (Phi) is 3.81. The first kappa shape index (κ1) is 14.2. The maximum Gasteiger partial charge on any atom is 0.418 e. The topological polar surface area (TPSA) is 48.7 Å². The number of rotatable bonds is 2. The molecule has 7 heteroatoms. The lowest BCUT2D eigenvalue weighted by atomic mass is 10.1. The number of alkyl halides is 3. The van der Waals surface area contributed by atoms with Gasteiger partial charge in [0, 0.05) is 11.2 Å². The Labute approximate surface area is 117 Å². The first-order valence-electron chi connectivity index (χ1n) is 5.40. The van der Waals surface area contributed by atoms with Gasteiger partial charge in [-0.25, -0.2) is 4.98 Å². The highest BCUT2D eigenvalue weighted by molar-refractivity contribution is 6.30. The van der Waals surface area contributed by atoms with E-state index in [1.807, 2.05) is 6.07 Å². The lowest BCUT2D eigenvalue weighted by Gasteiger charge is -2.14. The summed E-state index contributed by atoms with van der Waals surface area (Å²) in [5.74, 6) is 0.150. The minimum Gasteiger partial charge on any atom is -0.340 e. The second kappa shape index (κ2) is 5.39. The summed E-state index contributed by atoms with van der Waals surface area (Å²) < 4.78 is 38.7. The summed E-state index contributed by atoms with van der Waals surface area (Å²) in [6.45, 7) is 0. The van der Waals surface area contributed by atoms with E-state index in [-0.39, 0.29) is 16.5 Å².